The molecule has 0 saturated carbocycles. The minimum atomic E-state index is -0.523. The largest absolute Gasteiger partial charge is 0.497 e. The van der Waals surface area contributed by atoms with Gasteiger partial charge in [-0.2, -0.15) is 0 Å². The van der Waals surface area contributed by atoms with Crippen LogP contribution < -0.4 is 21.1 Å². The zero-order valence-corrected chi connectivity index (χ0v) is 13.8. The summed E-state index contributed by atoms with van der Waals surface area (Å²) in [4.78, 5) is 23.7. The lowest BCUT2D eigenvalue weighted by Gasteiger charge is -2.16. The first kappa shape index (κ1) is 18.7. The van der Waals surface area contributed by atoms with E-state index in [-0.39, 0.29) is 17.9 Å². The summed E-state index contributed by atoms with van der Waals surface area (Å²) in [6.45, 7) is 3.78. The van der Waals surface area contributed by atoms with Crippen molar-refractivity contribution < 1.29 is 14.3 Å². The number of carbonyl (C=O) groups is 2. The molecule has 0 aliphatic heterocycles. The van der Waals surface area contributed by atoms with Crippen LogP contribution in [0.4, 0.5) is 5.69 Å². The molecule has 0 heterocycles. The number of hydrogen-bond acceptors (Lipinski definition) is 4. The van der Waals surface area contributed by atoms with Crippen molar-refractivity contribution in [1.29, 1.82) is 0 Å². The fraction of sp³-hybridized carbons (Fsp3) is 0.412. The summed E-state index contributed by atoms with van der Waals surface area (Å²) in [6.07, 6.45) is 4.33. The number of rotatable bonds is 8. The molecule has 0 saturated heterocycles. The second-order valence-electron chi connectivity index (χ2n) is 5.11. The molecular weight excluding hydrogens is 294 g/mol. The van der Waals surface area contributed by atoms with E-state index >= 15 is 0 Å². The molecule has 6 nitrogen and oxygen atoms in total. The topological polar surface area (TPSA) is 93.5 Å². The molecule has 2 atom stereocenters. The molecule has 2 amide bonds. The first-order chi connectivity index (χ1) is 11.0. The monoisotopic (exact) mass is 319 g/mol. The van der Waals surface area contributed by atoms with Crippen LogP contribution in [0.25, 0.3) is 0 Å². The van der Waals surface area contributed by atoms with E-state index in [2.05, 4.69) is 10.6 Å². The van der Waals surface area contributed by atoms with Gasteiger partial charge in [-0.3, -0.25) is 9.59 Å². The van der Waals surface area contributed by atoms with Gasteiger partial charge in [-0.05, 0) is 37.1 Å². The fourth-order valence-corrected chi connectivity index (χ4v) is 1.82. The Morgan fingerprint density at radius 2 is 1.87 bits per heavy atom. The zero-order valence-electron chi connectivity index (χ0n) is 13.8. The predicted octanol–water partition coefficient (Wildman–Crippen LogP) is 1.82. The Bertz CT molecular complexity index is 541. The second kappa shape index (κ2) is 9.63. The standard InChI is InChI=1S/C17H25N3O3/c1-4-12(20-17(22)15(18)5-2)8-11-16(21)19-13-6-9-14(23-3)10-7-13/h6-12,15H,4-5,18H2,1-3H3,(H,19,21)(H,20,22)/t12-,15-/m0/s1. The van der Waals surface area contributed by atoms with Gasteiger partial charge in [0, 0.05) is 17.8 Å². The summed E-state index contributed by atoms with van der Waals surface area (Å²) in [7, 11) is 1.58. The first-order valence-electron chi connectivity index (χ1n) is 7.69. The summed E-state index contributed by atoms with van der Waals surface area (Å²) in [5.74, 6) is 0.252. The predicted molar refractivity (Wildman–Crippen MR) is 91.3 cm³/mol. The van der Waals surface area contributed by atoms with Gasteiger partial charge >= 0.3 is 0 Å². The zero-order chi connectivity index (χ0) is 17.2. The van der Waals surface area contributed by atoms with Gasteiger partial charge in [-0.25, -0.2) is 0 Å². The van der Waals surface area contributed by atoms with Crippen LogP contribution in [0.1, 0.15) is 26.7 Å². The third kappa shape index (κ3) is 6.52. The number of hydrogen-bond donors (Lipinski definition) is 3. The van der Waals surface area contributed by atoms with Crippen molar-refractivity contribution in [1.82, 2.24) is 5.32 Å². The fourth-order valence-electron chi connectivity index (χ4n) is 1.82. The highest BCUT2D eigenvalue weighted by Gasteiger charge is 2.13. The number of carbonyl (C=O) groups excluding carboxylic acids is 2. The van der Waals surface area contributed by atoms with E-state index in [0.29, 0.717) is 18.5 Å². The smallest absolute Gasteiger partial charge is 0.248 e. The minimum Gasteiger partial charge on any atom is -0.497 e. The lowest BCUT2D eigenvalue weighted by molar-refractivity contribution is -0.122. The van der Waals surface area contributed by atoms with Crippen LogP contribution >= 0.6 is 0 Å². The maximum Gasteiger partial charge on any atom is 0.248 e. The Labute approximate surface area is 137 Å². The number of anilines is 1. The lowest BCUT2D eigenvalue weighted by atomic mass is 10.1. The van der Waals surface area contributed by atoms with E-state index in [0.717, 1.165) is 5.75 Å². The van der Waals surface area contributed by atoms with Crippen molar-refractivity contribution in [3.05, 3.63) is 36.4 Å². The van der Waals surface area contributed by atoms with Crippen molar-refractivity contribution in [2.24, 2.45) is 5.73 Å². The van der Waals surface area contributed by atoms with E-state index in [9.17, 15) is 9.59 Å². The van der Waals surface area contributed by atoms with Crippen LogP contribution in [0.15, 0.2) is 36.4 Å². The molecule has 0 radical (unpaired) electrons. The summed E-state index contributed by atoms with van der Waals surface area (Å²) in [5, 5.41) is 5.55. The molecular formula is C17H25N3O3. The number of nitrogens with one attached hydrogen (secondary N) is 2. The SMILES string of the molecule is CC[C@@H](C=CC(=O)Nc1ccc(OC)cc1)NC(=O)[C@@H](N)CC. The second-order valence-corrected chi connectivity index (χ2v) is 5.11. The molecule has 23 heavy (non-hydrogen) atoms. The van der Waals surface area contributed by atoms with E-state index in [1.165, 1.54) is 6.08 Å². The van der Waals surface area contributed by atoms with E-state index < -0.39 is 6.04 Å². The molecule has 1 aromatic carbocycles. The molecule has 1 aromatic rings. The molecule has 0 aromatic heterocycles. The highest BCUT2D eigenvalue weighted by atomic mass is 16.5. The average Bonchev–Trinajstić information content (AvgIpc) is 2.58. The molecule has 6 heteroatoms. The normalized spacial score (nSPS) is 13.4. The lowest BCUT2D eigenvalue weighted by Crippen LogP contribution is -2.44. The van der Waals surface area contributed by atoms with Gasteiger partial charge in [0.25, 0.3) is 0 Å². The van der Waals surface area contributed by atoms with E-state index in [1.807, 2.05) is 13.8 Å². The maximum atomic E-state index is 11.9. The molecule has 4 N–H and O–H groups in total. The summed E-state index contributed by atoms with van der Waals surface area (Å²) < 4.78 is 5.06. The number of amides is 2. The molecule has 0 aliphatic rings. The van der Waals surface area contributed by atoms with Crippen molar-refractivity contribution in [3.63, 3.8) is 0 Å². The van der Waals surface area contributed by atoms with Gasteiger partial charge < -0.3 is 21.1 Å². The Balaban J connectivity index is 2.55. The summed E-state index contributed by atoms with van der Waals surface area (Å²) >= 11 is 0. The van der Waals surface area contributed by atoms with Crippen molar-refractivity contribution in [2.45, 2.75) is 38.8 Å². The Kier molecular flexibility index (Phi) is 7.83. The van der Waals surface area contributed by atoms with Gasteiger partial charge in [0.15, 0.2) is 0 Å². The van der Waals surface area contributed by atoms with Crippen LogP contribution in [0.3, 0.4) is 0 Å². The molecule has 126 valence electrons. The van der Waals surface area contributed by atoms with Crippen LogP contribution in [0.5, 0.6) is 5.75 Å². The van der Waals surface area contributed by atoms with Gasteiger partial charge in [-0.1, -0.05) is 19.9 Å². The van der Waals surface area contributed by atoms with E-state index in [4.69, 9.17) is 10.5 Å². The van der Waals surface area contributed by atoms with Crippen molar-refractivity contribution >= 4 is 17.5 Å². The van der Waals surface area contributed by atoms with Gasteiger partial charge in [-0.15, -0.1) is 0 Å². The van der Waals surface area contributed by atoms with E-state index in [1.54, 1.807) is 37.5 Å². The van der Waals surface area contributed by atoms with Gasteiger partial charge in [0.05, 0.1) is 13.2 Å². The minimum absolute atomic E-state index is 0.209. The van der Waals surface area contributed by atoms with Crippen LogP contribution in [0.2, 0.25) is 0 Å². The Hall–Kier alpha value is -2.34. The first-order valence-corrected chi connectivity index (χ1v) is 7.69. The quantitative estimate of drug-likeness (QED) is 0.637. The highest BCUT2D eigenvalue weighted by Crippen LogP contribution is 2.14. The number of methoxy groups -OCH3 is 1. The molecule has 0 unspecified atom stereocenters. The number of benzene rings is 1. The van der Waals surface area contributed by atoms with Crippen LogP contribution in [0, 0.1) is 0 Å². The third-order valence-electron chi connectivity index (χ3n) is 3.38. The molecule has 0 spiro atoms. The number of nitrogens with two attached hydrogens (primary N) is 1. The van der Waals surface area contributed by atoms with Crippen molar-refractivity contribution in [2.75, 3.05) is 12.4 Å². The molecule has 1 rings (SSSR count). The van der Waals surface area contributed by atoms with Gasteiger partial charge in [0.2, 0.25) is 11.8 Å². The summed E-state index contributed by atoms with van der Waals surface area (Å²) in [5.41, 5.74) is 6.35. The molecule has 0 bridgehead atoms. The Morgan fingerprint density at radius 3 is 2.39 bits per heavy atom. The molecule has 0 aliphatic carbocycles. The third-order valence-corrected chi connectivity index (χ3v) is 3.38. The number of ether oxygens (including phenoxy) is 1. The van der Waals surface area contributed by atoms with Crippen LogP contribution in [-0.2, 0) is 9.59 Å². The van der Waals surface area contributed by atoms with Gasteiger partial charge in [0.1, 0.15) is 5.75 Å². The van der Waals surface area contributed by atoms with Crippen molar-refractivity contribution in [3.8, 4) is 5.75 Å². The maximum absolute atomic E-state index is 11.9. The molecule has 0 fully saturated rings. The average molecular weight is 319 g/mol. The van der Waals surface area contributed by atoms with Crippen LogP contribution in [-0.4, -0.2) is 31.0 Å². The highest BCUT2D eigenvalue weighted by molar-refractivity contribution is 5.99. The Morgan fingerprint density at radius 1 is 1.22 bits per heavy atom. The summed E-state index contributed by atoms with van der Waals surface area (Å²) in [6, 6.07) is 6.29.